The molecule has 2 N–H and O–H groups in total. The first-order valence-electron chi connectivity index (χ1n) is 10.3. The smallest absolute Gasteiger partial charge is 0.228 e. The molecule has 0 atom stereocenters. The van der Waals surface area contributed by atoms with Crippen LogP contribution in [0.4, 0.5) is 16.8 Å². The van der Waals surface area contributed by atoms with Gasteiger partial charge < -0.3 is 15.3 Å². The molecule has 1 saturated heterocycles. The molecule has 0 bridgehead atoms. The molecular formula is C22H25N5O2S2. The van der Waals surface area contributed by atoms with Crippen LogP contribution in [0.3, 0.4) is 0 Å². The topological polar surface area (TPSA) is 91.2 Å². The van der Waals surface area contributed by atoms with Crippen LogP contribution in [0.25, 0.3) is 10.4 Å². The fraction of sp³-hybridized carbons (Fsp3) is 0.364. The molecule has 1 aliphatic rings. The molecule has 0 aliphatic carbocycles. The SMILES string of the molecule is Cc1cc(Nc2nccc(SCCO)n2)cc(-c2cnc(N3CCCCC(=O)C3)s2)c1. The average molecular weight is 456 g/mol. The lowest BCUT2D eigenvalue weighted by Gasteiger charge is -2.17. The molecule has 162 valence electrons. The zero-order valence-electron chi connectivity index (χ0n) is 17.4. The summed E-state index contributed by atoms with van der Waals surface area (Å²) in [5.74, 6) is 1.41. The Morgan fingerprint density at radius 1 is 1.26 bits per heavy atom. The number of hydrogen-bond acceptors (Lipinski definition) is 9. The van der Waals surface area contributed by atoms with E-state index in [9.17, 15) is 4.79 Å². The van der Waals surface area contributed by atoms with Crippen molar-refractivity contribution in [1.82, 2.24) is 15.0 Å². The molecule has 3 aromatic rings. The van der Waals surface area contributed by atoms with E-state index in [1.807, 2.05) is 12.3 Å². The van der Waals surface area contributed by atoms with Crippen LogP contribution in [0.15, 0.2) is 41.7 Å². The van der Waals surface area contributed by atoms with E-state index in [1.54, 1.807) is 17.5 Å². The first-order chi connectivity index (χ1) is 15.1. The van der Waals surface area contributed by atoms with Crippen molar-refractivity contribution in [2.75, 3.05) is 35.7 Å². The normalized spacial score (nSPS) is 14.5. The first-order valence-corrected chi connectivity index (χ1v) is 12.1. The average Bonchev–Trinajstić information content (AvgIpc) is 3.15. The highest BCUT2D eigenvalue weighted by Gasteiger charge is 2.18. The van der Waals surface area contributed by atoms with Crippen molar-refractivity contribution in [3.8, 4) is 10.4 Å². The van der Waals surface area contributed by atoms with Crippen LogP contribution in [0.2, 0.25) is 0 Å². The van der Waals surface area contributed by atoms with E-state index in [-0.39, 0.29) is 12.4 Å². The van der Waals surface area contributed by atoms with Gasteiger partial charge in [0, 0.05) is 36.8 Å². The molecule has 4 rings (SSSR count). The summed E-state index contributed by atoms with van der Waals surface area (Å²) < 4.78 is 0. The molecular weight excluding hydrogens is 430 g/mol. The van der Waals surface area contributed by atoms with E-state index >= 15 is 0 Å². The van der Waals surface area contributed by atoms with Gasteiger partial charge in [-0.05, 0) is 49.1 Å². The van der Waals surface area contributed by atoms with Crippen LogP contribution in [0.1, 0.15) is 24.8 Å². The number of Topliss-reactive ketones (excluding diaryl/α,β-unsaturated/α-hetero) is 1. The van der Waals surface area contributed by atoms with Crippen LogP contribution in [-0.2, 0) is 4.79 Å². The number of rotatable bonds is 7. The van der Waals surface area contributed by atoms with E-state index in [2.05, 4.69) is 50.3 Å². The molecule has 1 aliphatic heterocycles. The number of aromatic nitrogens is 3. The number of hydrogen-bond donors (Lipinski definition) is 2. The Bertz CT molecular complexity index is 1060. The predicted octanol–water partition coefficient (Wildman–Crippen LogP) is 4.30. The second-order valence-corrected chi connectivity index (χ2v) is 9.55. The van der Waals surface area contributed by atoms with E-state index in [0.29, 0.717) is 24.7 Å². The third-order valence-corrected chi connectivity index (χ3v) is 6.87. The number of aliphatic hydroxyl groups is 1. The van der Waals surface area contributed by atoms with Gasteiger partial charge in [0.25, 0.3) is 0 Å². The highest BCUT2D eigenvalue weighted by Crippen LogP contribution is 2.34. The molecule has 1 aromatic carbocycles. The quantitative estimate of drug-likeness (QED) is 0.403. The van der Waals surface area contributed by atoms with Gasteiger partial charge in [0.2, 0.25) is 5.95 Å². The molecule has 0 amide bonds. The Morgan fingerprint density at radius 3 is 3.03 bits per heavy atom. The molecule has 9 heteroatoms. The standard InChI is InChI=1S/C22H25N5O2S2/c1-15-10-16(19-13-24-22(31-19)27-7-3-2-4-18(29)14-27)12-17(11-15)25-21-23-6-5-20(26-21)30-9-8-28/h5-6,10-13,28H,2-4,7-9,14H2,1H3,(H,23,25,26). The molecule has 31 heavy (non-hydrogen) atoms. The number of nitrogens with zero attached hydrogens (tertiary/aromatic N) is 4. The van der Waals surface area contributed by atoms with Crippen LogP contribution in [0.5, 0.6) is 0 Å². The van der Waals surface area contributed by atoms with Gasteiger partial charge in [-0.15, -0.1) is 11.8 Å². The number of anilines is 3. The van der Waals surface area contributed by atoms with Crippen LogP contribution in [-0.4, -0.2) is 51.3 Å². The Labute approximate surface area is 190 Å². The van der Waals surface area contributed by atoms with E-state index in [1.165, 1.54) is 11.8 Å². The van der Waals surface area contributed by atoms with Crippen molar-refractivity contribution in [2.45, 2.75) is 31.2 Å². The summed E-state index contributed by atoms with van der Waals surface area (Å²) in [5.41, 5.74) is 3.09. The number of aliphatic hydroxyl groups excluding tert-OH is 1. The number of aryl methyl sites for hydroxylation is 1. The van der Waals surface area contributed by atoms with Crippen molar-refractivity contribution in [3.05, 3.63) is 42.2 Å². The maximum Gasteiger partial charge on any atom is 0.228 e. The number of carbonyl (C=O) groups excluding carboxylic acids is 1. The number of carbonyl (C=O) groups is 1. The highest BCUT2D eigenvalue weighted by atomic mass is 32.2. The minimum absolute atomic E-state index is 0.112. The third kappa shape index (κ3) is 5.81. The second-order valence-electron chi connectivity index (χ2n) is 7.43. The zero-order chi connectivity index (χ0) is 21.6. The maximum absolute atomic E-state index is 12.0. The monoisotopic (exact) mass is 455 g/mol. The van der Waals surface area contributed by atoms with Gasteiger partial charge in [0.1, 0.15) is 5.03 Å². The van der Waals surface area contributed by atoms with E-state index < -0.39 is 0 Å². The van der Waals surface area contributed by atoms with Gasteiger partial charge >= 0.3 is 0 Å². The fourth-order valence-corrected chi connectivity index (χ4v) is 5.00. The second kappa shape index (κ2) is 10.2. The summed E-state index contributed by atoms with van der Waals surface area (Å²) in [6.07, 6.45) is 6.25. The van der Waals surface area contributed by atoms with Crippen molar-refractivity contribution in [3.63, 3.8) is 0 Å². The Kier molecular flexibility index (Phi) is 7.16. The van der Waals surface area contributed by atoms with Crippen molar-refractivity contribution in [2.24, 2.45) is 0 Å². The molecule has 0 spiro atoms. The van der Waals surface area contributed by atoms with Crippen molar-refractivity contribution >= 4 is 45.6 Å². The van der Waals surface area contributed by atoms with Crippen LogP contribution >= 0.6 is 23.1 Å². The van der Waals surface area contributed by atoms with Gasteiger partial charge in [-0.25, -0.2) is 15.0 Å². The number of nitrogens with one attached hydrogen (secondary N) is 1. The summed E-state index contributed by atoms with van der Waals surface area (Å²) in [7, 11) is 0. The van der Waals surface area contributed by atoms with Crippen molar-refractivity contribution in [1.29, 1.82) is 0 Å². The lowest BCUT2D eigenvalue weighted by Crippen LogP contribution is -2.27. The minimum Gasteiger partial charge on any atom is -0.396 e. The number of ketones is 1. The third-order valence-electron chi connectivity index (χ3n) is 4.85. The molecule has 1 fully saturated rings. The molecule has 0 radical (unpaired) electrons. The number of thioether (sulfide) groups is 1. The van der Waals surface area contributed by atoms with Gasteiger partial charge in [-0.2, -0.15) is 0 Å². The van der Waals surface area contributed by atoms with Gasteiger partial charge in [-0.3, -0.25) is 4.79 Å². The molecule has 2 aromatic heterocycles. The van der Waals surface area contributed by atoms with Gasteiger partial charge in [-0.1, -0.05) is 17.4 Å². The molecule has 3 heterocycles. The van der Waals surface area contributed by atoms with Gasteiger partial charge in [0.05, 0.1) is 18.0 Å². The zero-order valence-corrected chi connectivity index (χ0v) is 19.0. The Hall–Kier alpha value is -2.49. The Morgan fingerprint density at radius 2 is 2.16 bits per heavy atom. The maximum atomic E-state index is 12.0. The number of benzene rings is 1. The summed E-state index contributed by atoms with van der Waals surface area (Å²) in [6, 6.07) is 8.08. The number of thiazole rings is 1. The summed E-state index contributed by atoms with van der Waals surface area (Å²) in [4.78, 5) is 28.6. The van der Waals surface area contributed by atoms with E-state index in [0.717, 1.165) is 51.2 Å². The van der Waals surface area contributed by atoms with Crippen LogP contribution < -0.4 is 10.2 Å². The predicted molar refractivity (Wildman–Crippen MR) is 126 cm³/mol. The van der Waals surface area contributed by atoms with Crippen LogP contribution in [0, 0.1) is 6.92 Å². The minimum atomic E-state index is 0.112. The lowest BCUT2D eigenvalue weighted by molar-refractivity contribution is -0.117. The largest absolute Gasteiger partial charge is 0.396 e. The summed E-state index contributed by atoms with van der Waals surface area (Å²) in [5, 5.41) is 14.0. The molecule has 0 saturated carbocycles. The summed E-state index contributed by atoms with van der Waals surface area (Å²) in [6.45, 7) is 3.50. The summed E-state index contributed by atoms with van der Waals surface area (Å²) >= 11 is 3.11. The molecule has 0 unspecified atom stereocenters. The molecule has 7 nitrogen and oxygen atoms in total. The highest BCUT2D eigenvalue weighted by molar-refractivity contribution is 7.99. The lowest BCUT2D eigenvalue weighted by atomic mass is 10.1. The van der Waals surface area contributed by atoms with E-state index in [4.69, 9.17) is 5.11 Å². The Balaban J connectivity index is 1.53. The fourth-order valence-electron chi connectivity index (χ4n) is 3.46. The van der Waals surface area contributed by atoms with Crippen molar-refractivity contribution < 1.29 is 9.90 Å². The van der Waals surface area contributed by atoms with Gasteiger partial charge in [0.15, 0.2) is 10.9 Å². The first kappa shape index (κ1) is 21.7.